The fourth-order valence-corrected chi connectivity index (χ4v) is 1.85. The van der Waals surface area contributed by atoms with Gasteiger partial charge in [0, 0.05) is 6.07 Å². The third-order valence-electron chi connectivity index (χ3n) is 1.93. The maximum Gasteiger partial charge on any atom is 0.352 e. The molecule has 0 saturated heterocycles. The van der Waals surface area contributed by atoms with E-state index in [1.54, 1.807) is 18.3 Å². The van der Waals surface area contributed by atoms with Gasteiger partial charge in [-0.2, -0.15) is 4.40 Å². The minimum atomic E-state index is -0.482. The van der Waals surface area contributed by atoms with Gasteiger partial charge >= 0.3 is 5.82 Å². The Hall–Kier alpha value is -1.14. The number of alkyl halides is 1. The van der Waals surface area contributed by atoms with Gasteiger partial charge in [0.2, 0.25) is 5.65 Å². The lowest BCUT2D eigenvalue weighted by Gasteiger charge is -1.94. The van der Waals surface area contributed by atoms with E-state index in [9.17, 15) is 10.1 Å². The molecule has 2 aromatic heterocycles. The van der Waals surface area contributed by atoms with Crippen LogP contribution in [0.4, 0.5) is 5.82 Å². The van der Waals surface area contributed by atoms with Crippen molar-refractivity contribution in [3.63, 3.8) is 0 Å². The molecule has 2 rings (SSSR count). The Morgan fingerprint density at radius 2 is 2.33 bits per heavy atom. The maximum absolute atomic E-state index is 10.8. The average Bonchev–Trinajstić information content (AvgIpc) is 2.55. The minimum absolute atomic E-state index is 0.0234. The number of nitrogens with zero attached hydrogens (tertiary/aromatic N) is 3. The van der Waals surface area contributed by atoms with Gasteiger partial charge in [-0.3, -0.25) is 0 Å². The number of rotatable bonds is 2. The standard InChI is InChI=1S/C8H5BrClN3O2/c9-5-1-2-7-11-6(3-10)8(13(14)15)12(7)4-5/h1-2,4H,3H2. The molecule has 0 aliphatic carbocycles. The lowest BCUT2D eigenvalue weighted by molar-refractivity contribution is -0.391. The van der Waals surface area contributed by atoms with Gasteiger partial charge in [-0.05, 0) is 26.9 Å². The second-order valence-corrected chi connectivity index (χ2v) is 4.03. The molecule has 2 aromatic rings. The zero-order valence-electron chi connectivity index (χ0n) is 7.35. The van der Waals surface area contributed by atoms with Gasteiger partial charge in [0.25, 0.3) is 0 Å². The van der Waals surface area contributed by atoms with E-state index < -0.39 is 4.92 Å². The SMILES string of the molecule is O=[N+]([O-])c1c(CCl)nc2ccc(Br)cn12. The van der Waals surface area contributed by atoms with Gasteiger partial charge in [-0.15, -0.1) is 11.6 Å². The highest BCUT2D eigenvalue weighted by Crippen LogP contribution is 2.23. The summed E-state index contributed by atoms with van der Waals surface area (Å²) in [4.78, 5) is 14.4. The van der Waals surface area contributed by atoms with Crippen LogP contribution in [-0.4, -0.2) is 14.3 Å². The number of pyridine rings is 1. The Morgan fingerprint density at radius 3 is 2.93 bits per heavy atom. The van der Waals surface area contributed by atoms with Gasteiger partial charge < -0.3 is 10.1 Å². The number of aromatic nitrogens is 2. The predicted molar refractivity (Wildman–Crippen MR) is 59.1 cm³/mol. The Morgan fingerprint density at radius 1 is 1.60 bits per heavy atom. The van der Waals surface area contributed by atoms with Crippen molar-refractivity contribution >= 4 is 39.0 Å². The van der Waals surface area contributed by atoms with Crippen LogP contribution in [0.25, 0.3) is 5.65 Å². The van der Waals surface area contributed by atoms with Crippen LogP contribution in [0.15, 0.2) is 22.8 Å². The van der Waals surface area contributed by atoms with Crippen LogP contribution in [-0.2, 0) is 5.88 Å². The first kappa shape index (κ1) is 10.4. The van der Waals surface area contributed by atoms with Crippen molar-refractivity contribution < 1.29 is 4.92 Å². The summed E-state index contributed by atoms with van der Waals surface area (Å²) in [5, 5.41) is 10.8. The highest BCUT2D eigenvalue weighted by atomic mass is 79.9. The van der Waals surface area contributed by atoms with E-state index in [2.05, 4.69) is 20.9 Å². The second kappa shape index (κ2) is 3.79. The van der Waals surface area contributed by atoms with Gasteiger partial charge in [-0.1, -0.05) is 0 Å². The lowest BCUT2D eigenvalue weighted by Crippen LogP contribution is -1.96. The third-order valence-corrected chi connectivity index (χ3v) is 2.65. The zero-order valence-corrected chi connectivity index (χ0v) is 9.70. The molecule has 0 unspecified atom stereocenters. The van der Waals surface area contributed by atoms with E-state index in [0.29, 0.717) is 5.65 Å². The molecule has 0 aliphatic heterocycles. The second-order valence-electron chi connectivity index (χ2n) is 2.85. The molecule has 2 heterocycles. The van der Waals surface area contributed by atoms with E-state index in [0.717, 1.165) is 4.47 Å². The zero-order chi connectivity index (χ0) is 11.0. The van der Waals surface area contributed by atoms with Crippen LogP contribution in [0.5, 0.6) is 0 Å². The molecule has 5 nitrogen and oxygen atoms in total. The molecular weight excluding hydrogens is 285 g/mol. The van der Waals surface area contributed by atoms with E-state index in [1.165, 1.54) is 4.40 Å². The molecule has 0 saturated carbocycles. The van der Waals surface area contributed by atoms with Crippen LogP contribution < -0.4 is 0 Å². The number of fused-ring (bicyclic) bond motifs is 1. The van der Waals surface area contributed by atoms with Crippen LogP contribution >= 0.6 is 27.5 Å². The van der Waals surface area contributed by atoms with Crippen molar-refractivity contribution in [2.24, 2.45) is 0 Å². The molecule has 0 aromatic carbocycles. The number of hydrogen-bond acceptors (Lipinski definition) is 3. The molecule has 0 radical (unpaired) electrons. The maximum atomic E-state index is 10.8. The first-order valence-corrected chi connectivity index (χ1v) is 5.33. The number of nitro groups is 1. The Labute approximate surface area is 98.0 Å². The van der Waals surface area contributed by atoms with Gasteiger partial charge in [0.1, 0.15) is 6.20 Å². The molecule has 0 amide bonds. The highest BCUT2D eigenvalue weighted by molar-refractivity contribution is 9.10. The summed E-state index contributed by atoms with van der Waals surface area (Å²) in [6.45, 7) is 0. The van der Waals surface area contributed by atoms with Crippen LogP contribution in [0, 0.1) is 10.1 Å². The Bertz CT molecular complexity index is 540. The number of halogens is 2. The molecule has 0 aliphatic rings. The summed E-state index contributed by atoms with van der Waals surface area (Å²) in [5.74, 6) is -0.0587. The molecule has 0 fully saturated rings. The van der Waals surface area contributed by atoms with E-state index >= 15 is 0 Å². The predicted octanol–water partition coefficient (Wildman–Crippen LogP) is 2.74. The Balaban J connectivity index is 2.82. The molecule has 7 heteroatoms. The molecular formula is C8H5BrClN3O2. The van der Waals surface area contributed by atoms with Gasteiger partial charge in [0.15, 0.2) is 5.69 Å². The van der Waals surface area contributed by atoms with Crippen molar-refractivity contribution in [2.45, 2.75) is 5.88 Å². The summed E-state index contributed by atoms with van der Waals surface area (Å²) >= 11 is 8.84. The van der Waals surface area contributed by atoms with E-state index in [-0.39, 0.29) is 17.4 Å². The van der Waals surface area contributed by atoms with Crippen LogP contribution in [0.1, 0.15) is 5.69 Å². The van der Waals surface area contributed by atoms with Crippen molar-refractivity contribution in [1.29, 1.82) is 0 Å². The molecule has 0 bridgehead atoms. The van der Waals surface area contributed by atoms with Crippen LogP contribution in [0.2, 0.25) is 0 Å². The lowest BCUT2D eigenvalue weighted by atomic mass is 10.5. The Kier molecular flexibility index (Phi) is 2.62. The first-order chi connectivity index (χ1) is 7.13. The van der Waals surface area contributed by atoms with Crippen molar-refractivity contribution in [2.75, 3.05) is 0 Å². The van der Waals surface area contributed by atoms with E-state index in [4.69, 9.17) is 11.6 Å². The van der Waals surface area contributed by atoms with Crippen LogP contribution in [0.3, 0.4) is 0 Å². The summed E-state index contributed by atoms with van der Waals surface area (Å²) < 4.78 is 2.15. The first-order valence-electron chi connectivity index (χ1n) is 4.00. The third kappa shape index (κ3) is 1.70. The molecule has 0 spiro atoms. The molecule has 0 atom stereocenters. The van der Waals surface area contributed by atoms with Crippen molar-refractivity contribution in [3.8, 4) is 0 Å². The average molecular weight is 291 g/mol. The quantitative estimate of drug-likeness (QED) is 0.485. The molecule has 15 heavy (non-hydrogen) atoms. The smallest absolute Gasteiger partial charge is 0.352 e. The fraction of sp³-hybridized carbons (Fsp3) is 0.125. The number of hydrogen-bond donors (Lipinski definition) is 0. The minimum Gasteiger partial charge on any atom is -0.358 e. The summed E-state index contributed by atoms with van der Waals surface area (Å²) in [7, 11) is 0. The van der Waals surface area contributed by atoms with Gasteiger partial charge in [-0.25, -0.2) is 4.98 Å². The number of imidazole rings is 1. The van der Waals surface area contributed by atoms with Gasteiger partial charge in [0.05, 0.1) is 10.4 Å². The summed E-state index contributed by atoms with van der Waals surface area (Å²) in [5.41, 5.74) is 0.792. The summed E-state index contributed by atoms with van der Waals surface area (Å²) in [6, 6.07) is 3.46. The topological polar surface area (TPSA) is 60.4 Å². The molecule has 78 valence electrons. The van der Waals surface area contributed by atoms with E-state index in [1.807, 2.05) is 0 Å². The summed E-state index contributed by atoms with van der Waals surface area (Å²) in [6.07, 6.45) is 1.59. The van der Waals surface area contributed by atoms with Crippen molar-refractivity contribution in [1.82, 2.24) is 9.38 Å². The highest BCUT2D eigenvalue weighted by Gasteiger charge is 2.21. The molecule has 0 N–H and O–H groups in total. The normalized spacial score (nSPS) is 10.8. The fourth-order valence-electron chi connectivity index (χ4n) is 1.34. The monoisotopic (exact) mass is 289 g/mol. The van der Waals surface area contributed by atoms with Crippen molar-refractivity contribution in [3.05, 3.63) is 38.6 Å². The largest absolute Gasteiger partial charge is 0.358 e.